The third-order valence-electron chi connectivity index (χ3n) is 5.37. The predicted octanol–water partition coefficient (Wildman–Crippen LogP) is 2.30. The van der Waals surface area contributed by atoms with E-state index in [4.69, 9.17) is 9.72 Å². The highest BCUT2D eigenvalue weighted by Crippen LogP contribution is 2.41. The lowest BCUT2D eigenvalue weighted by Gasteiger charge is -2.33. The smallest absolute Gasteiger partial charge is 0.328 e. The second-order valence-electron chi connectivity index (χ2n) is 8.66. The summed E-state index contributed by atoms with van der Waals surface area (Å²) in [5, 5.41) is 14.9. The summed E-state index contributed by atoms with van der Waals surface area (Å²) in [6, 6.07) is 0.866. The van der Waals surface area contributed by atoms with Crippen molar-refractivity contribution in [2.24, 2.45) is 0 Å². The molecule has 1 aliphatic heterocycles. The molecule has 150 valence electrons. The number of aromatic nitrogens is 3. The fraction of sp³-hybridized carbons (Fsp3) is 0.600. The highest BCUT2D eigenvalue weighted by molar-refractivity contribution is 6.07. The zero-order valence-corrected chi connectivity index (χ0v) is 16.7. The Morgan fingerprint density at radius 1 is 1.29 bits per heavy atom. The van der Waals surface area contributed by atoms with Gasteiger partial charge in [-0.25, -0.2) is 14.5 Å². The van der Waals surface area contributed by atoms with E-state index in [9.17, 15) is 14.7 Å². The number of carbonyl (C=O) groups is 2. The first-order valence-corrected chi connectivity index (χ1v) is 9.70. The van der Waals surface area contributed by atoms with Gasteiger partial charge in [0.05, 0.1) is 35.4 Å². The molecule has 0 bridgehead atoms. The van der Waals surface area contributed by atoms with Crippen LogP contribution in [0.1, 0.15) is 61.3 Å². The zero-order chi connectivity index (χ0) is 20.2. The highest BCUT2D eigenvalue weighted by atomic mass is 16.5. The van der Waals surface area contributed by atoms with E-state index in [1.807, 2.05) is 38.4 Å². The number of carbonyl (C=O) groups excluding carboxylic acids is 1. The summed E-state index contributed by atoms with van der Waals surface area (Å²) < 4.78 is 7.16. The van der Waals surface area contributed by atoms with Crippen molar-refractivity contribution in [3.05, 3.63) is 23.0 Å². The first-order chi connectivity index (χ1) is 13.2. The van der Waals surface area contributed by atoms with E-state index in [0.717, 1.165) is 24.2 Å². The molecule has 1 saturated carbocycles. The van der Waals surface area contributed by atoms with Crippen molar-refractivity contribution in [2.75, 3.05) is 19.8 Å². The van der Waals surface area contributed by atoms with Gasteiger partial charge >= 0.3 is 5.97 Å². The van der Waals surface area contributed by atoms with Crippen LogP contribution in [0, 0.1) is 6.92 Å². The first-order valence-electron chi connectivity index (χ1n) is 9.70. The standard InChI is InChI=1S/C20H26N4O4/c1-11-16-13(18(25)23-7-8-28-10-15(23)19(26)27)9-14(12-5-6-12)21-17(16)24(22-11)20(2,3)4/h9,12,15H,5-8,10H2,1-4H3,(H,26,27). The van der Waals surface area contributed by atoms with Crippen molar-refractivity contribution in [2.45, 2.75) is 58.0 Å². The largest absolute Gasteiger partial charge is 0.480 e. The maximum atomic E-state index is 13.5. The molecule has 8 nitrogen and oxygen atoms in total. The molecule has 2 aromatic rings. The highest BCUT2D eigenvalue weighted by Gasteiger charge is 2.36. The van der Waals surface area contributed by atoms with Gasteiger partial charge in [0.1, 0.15) is 0 Å². The molecule has 1 unspecified atom stereocenters. The third kappa shape index (κ3) is 3.15. The van der Waals surface area contributed by atoms with Gasteiger partial charge in [0.15, 0.2) is 11.7 Å². The van der Waals surface area contributed by atoms with E-state index in [2.05, 4.69) is 5.10 Å². The van der Waals surface area contributed by atoms with Crippen LogP contribution in [0.25, 0.3) is 11.0 Å². The second-order valence-corrected chi connectivity index (χ2v) is 8.66. The lowest BCUT2D eigenvalue weighted by Crippen LogP contribution is -2.52. The summed E-state index contributed by atoms with van der Waals surface area (Å²) in [6.45, 7) is 8.61. The van der Waals surface area contributed by atoms with Crippen molar-refractivity contribution in [1.29, 1.82) is 0 Å². The number of hydrogen-bond donors (Lipinski definition) is 1. The van der Waals surface area contributed by atoms with E-state index in [0.29, 0.717) is 29.1 Å². The van der Waals surface area contributed by atoms with Gasteiger partial charge in [-0.15, -0.1) is 0 Å². The van der Waals surface area contributed by atoms with E-state index >= 15 is 0 Å². The minimum Gasteiger partial charge on any atom is -0.480 e. The van der Waals surface area contributed by atoms with E-state index < -0.39 is 12.0 Å². The number of morpholine rings is 1. The number of nitrogens with zero attached hydrogens (tertiary/aromatic N) is 4. The molecule has 4 rings (SSSR count). The fourth-order valence-electron chi connectivity index (χ4n) is 3.74. The number of ether oxygens (including phenoxy) is 1. The van der Waals surface area contributed by atoms with Gasteiger partial charge in [-0.3, -0.25) is 4.79 Å². The van der Waals surface area contributed by atoms with E-state index in [-0.39, 0.29) is 24.6 Å². The Hall–Kier alpha value is -2.48. The Labute approximate surface area is 163 Å². The number of aliphatic carboxylic acids is 1. The average Bonchev–Trinajstić information content (AvgIpc) is 3.43. The molecule has 0 spiro atoms. The summed E-state index contributed by atoms with van der Waals surface area (Å²) in [7, 11) is 0. The zero-order valence-electron chi connectivity index (χ0n) is 16.7. The topological polar surface area (TPSA) is 97.5 Å². The monoisotopic (exact) mass is 386 g/mol. The maximum absolute atomic E-state index is 13.5. The summed E-state index contributed by atoms with van der Waals surface area (Å²) in [5.41, 5.74) is 2.51. The molecule has 1 saturated heterocycles. The molecule has 28 heavy (non-hydrogen) atoms. The predicted molar refractivity (Wildman–Crippen MR) is 103 cm³/mol. The molecule has 0 radical (unpaired) electrons. The SMILES string of the molecule is Cc1nn(C(C)(C)C)c2nc(C3CC3)cc(C(=O)N3CCOCC3C(=O)O)c12. The van der Waals surface area contributed by atoms with Gasteiger partial charge in [0.2, 0.25) is 0 Å². The van der Waals surface area contributed by atoms with Crippen molar-refractivity contribution < 1.29 is 19.4 Å². The van der Waals surface area contributed by atoms with Crippen molar-refractivity contribution >= 4 is 22.9 Å². The summed E-state index contributed by atoms with van der Waals surface area (Å²) in [4.78, 5) is 31.4. The molecule has 2 aromatic heterocycles. The van der Waals surface area contributed by atoms with Crippen LogP contribution >= 0.6 is 0 Å². The molecule has 1 N–H and O–H groups in total. The Balaban J connectivity index is 1.89. The molecule has 2 aliphatic rings. The van der Waals surface area contributed by atoms with Crippen LogP contribution in [-0.2, 0) is 15.1 Å². The van der Waals surface area contributed by atoms with Crippen molar-refractivity contribution in [3.63, 3.8) is 0 Å². The minimum atomic E-state index is -1.05. The Morgan fingerprint density at radius 2 is 2.00 bits per heavy atom. The van der Waals surface area contributed by atoms with Crippen LogP contribution in [0.15, 0.2) is 6.07 Å². The van der Waals surface area contributed by atoms with Gasteiger partial charge in [-0.05, 0) is 46.6 Å². The van der Waals surface area contributed by atoms with E-state index in [1.165, 1.54) is 4.90 Å². The average molecular weight is 386 g/mol. The van der Waals surface area contributed by atoms with Gasteiger partial charge < -0.3 is 14.7 Å². The number of carboxylic acids is 1. The number of rotatable bonds is 3. The van der Waals surface area contributed by atoms with Crippen LogP contribution < -0.4 is 0 Å². The molecular weight excluding hydrogens is 360 g/mol. The first kappa shape index (κ1) is 18.9. The number of fused-ring (bicyclic) bond motifs is 1. The normalized spacial score (nSPS) is 20.6. The molecule has 0 aromatic carbocycles. The fourth-order valence-corrected chi connectivity index (χ4v) is 3.74. The molecule has 3 heterocycles. The number of carboxylic acid groups (broad SMARTS) is 1. The Morgan fingerprint density at radius 3 is 2.61 bits per heavy atom. The Bertz CT molecular complexity index is 955. The molecule has 8 heteroatoms. The van der Waals surface area contributed by atoms with E-state index in [1.54, 1.807) is 0 Å². The molecule has 1 amide bonds. The van der Waals surface area contributed by atoms with Crippen LogP contribution in [0.2, 0.25) is 0 Å². The van der Waals surface area contributed by atoms with Gasteiger partial charge in [-0.1, -0.05) is 0 Å². The maximum Gasteiger partial charge on any atom is 0.328 e. The summed E-state index contributed by atoms with van der Waals surface area (Å²) in [5.74, 6) is -0.982. The minimum absolute atomic E-state index is 0.00498. The number of hydrogen-bond acceptors (Lipinski definition) is 5. The summed E-state index contributed by atoms with van der Waals surface area (Å²) >= 11 is 0. The second kappa shape index (κ2) is 6.55. The van der Waals surface area contributed by atoms with Crippen LogP contribution in [0.3, 0.4) is 0 Å². The van der Waals surface area contributed by atoms with Gasteiger partial charge in [-0.2, -0.15) is 5.10 Å². The molecule has 2 fully saturated rings. The third-order valence-corrected chi connectivity index (χ3v) is 5.37. The lowest BCUT2D eigenvalue weighted by atomic mass is 10.0. The van der Waals surface area contributed by atoms with Gasteiger partial charge in [0, 0.05) is 18.2 Å². The van der Waals surface area contributed by atoms with Crippen molar-refractivity contribution in [1.82, 2.24) is 19.7 Å². The van der Waals surface area contributed by atoms with Crippen LogP contribution in [0.5, 0.6) is 0 Å². The quantitative estimate of drug-likeness (QED) is 0.869. The Kier molecular flexibility index (Phi) is 4.41. The molecule has 1 atom stereocenters. The number of aryl methyl sites for hydroxylation is 1. The van der Waals surface area contributed by atoms with Crippen molar-refractivity contribution in [3.8, 4) is 0 Å². The molecular formula is C20H26N4O4. The van der Waals surface area contributed by atoms with Gasteiger partial charge in [0.25, 0.3) is 5.91 Å². The lowest BCUT2D eigenvalue weighted by molar-refractivity contribution is -0.147. The molecule has 1 aliphatic carbocycles. The number of pyridine rings is 1. The van der Waals surface area contributed by atoms with Crippen LogP contribution in [0.4, 0.5) is 0 Å². The number of amides is 1. The summed E-state index contributed by atoms with van der Waals surface area (Å²) in [6.07, 6.45) is 2.12. The van der Waals surface area contributed by atoms with Crippen LogP contribution in [-0.4, -0.2) is 62.4 Å².